The standard InChI is InChI=1S/C16H9F6N4O/c1-27-13-3-2-12(7-23-13)26-8-24-14(25-26)9-4-10(15(17,18)19)6-11(5-9)16(20,21)22/h2-6,8H,1H3. The Labute approximate surface area is 148 Å². The first kappa shape index (κ1) is 18.7. The SMILES string of the molecule is COc1ccc(-n2cnc(-c3cc(C(F)(F)F)cc(C(F)(F)F)c3)n2)[c]n1. The number of benzene rings is 1. The zero-order chi connectivity index (χ0) is 19.8. The normalized spacial score (nSPS) is 12.3. The Morgan fingerprint density at radius 2 is 1.59 bits per heavy atom. The van der Waals surface area contributed by atoms with Crippen LogP contribution in [0.1, 0.15) is 11.1 Å². The van der Waals surface area contributed by atoms with Crippen LogP contribution in [-0.4, -0.2) is 26.9 Å². The molecule has 0 N–H and O–H groups in total. The minimum Gasteiger partial charge on any atom is -0.481 e. The third kappa shape index (κ3) is 4.01. The fourth-order valence-electron chi connectivity index (χ4n) is 2.17. The maximum atomic E-state index is 13.0. The largest absolute Gasteiger partial charge is 0.481 e. The Morgan fingerprint density at radius 1 is 0.963 bits per heavy atom. The fourth-order valence-corrected chi connectivity index (χ4v) is 2.17. The minimum absolute atomic E-state index is 0.0433. The van der Waals surface area contributed by atoms with E-state index in [9.17, 15) is 26.3 Å². The Kier molecular flexibility index (Phi) is 4.54. The van der Waals surface area contributed by atoms with E-state index in [1.165, 1.54) is 19.2 Å². The molecule has 0 unspecified atom stereocenters. The number of aromatic nitrogens is 4. The summed E-state index contributed by atoms with van der Waals surface area (Å²) in [6, 6.07) is 4.15. The maximum Gasteiger partial charge on any atom is 0.416 e. The van der Waals surface area contributed by atoms with Crippen molar-refractivity contribution in [3.05, 3.63) is 54.0 Å². The third-order valence-electron chi connectivity index (χ3n) is 3.46. The van der Waals surface area contributed by atoms with Crippen LogP contribution in [-0.2, 0) is 12.4 Å². The molecule has 0 aliphatic carbocycles. The van der Waals surface area contributed by atoms with Crippen molar-refractivity contribution >= 4 is 0 Å². The van der Waals surface area contributed by atoms with E-state index in [-0.39, 0.29) is 23.5 Å². The number of pyridine rings is 1. The summed E-state index contributed by atoms with van der Waals surface area (Å²) in [6.45, 7) is 0. The van der Waals surface area contributed by atoms with E-state index in [0.29, 0.717) is 12.1 Å². The molecule has 1 aromatic carbocycles. The fraction of sp³-hybridized carbons (Fsp3) is 0.188. The molecule has 11 heteroatoms. The van der Waals surface area contributed by atoms with Gasteiger partial charge in [-0.25, -0.2) is 14.6 Å². The molecule has 27 heavy (non-hydrogen) atoms. The predicted molar refractivity (Wildman–Crippen MR) is 80.0 cm³/mol. The van der Waals surface area contributed by atoms with Crippen molar-refractivity contribution in [1.29, 1.82) is 0 Å². The van der Waals surface area contributed by atoms with Gasteiger partial charge in [0.05, 0.1) is 23.9 Å². The lowest BCUT2D eigenvalue weighted by Crippen LogP contribution is -2.11. The summed E-state index contributed by atoms with van der Waals surface area (Å²) in [5.41, 5.74) is -3.03. The van der Waals surface area contributed by atoms with Gasteiger partial charge in [0.25, 0.3) is 0 Å². The van der Waals surface area contributed by atoms with Gasteiger partial charge in [-0.2, -0.15) is 26.3 Å². The molecule has 2 aromatic heterocycles. The first-order chi connectivity index (χ1) is 12.6. The van der Waals surface area contributed by atoms with Crippen LogP contribution in [0.15, 0.2) is 36.7 Å². The van der Waals surface area contributed by atoms with E-state index >= 15 is 0 Å². The number of halogens is 6. The van der Waals surface area contributed by atoms with Gasteiger partial charge >= 0.3 is 12.4 Å². The van der Waals surface area contributed by atoms with Gasteiger partial charge in [0.1, 0.15) is 12.5 Å². The lowest BCUT2D eigenvalue weighted by Gasteiger charge is -2.13. The molecular weight excluding hydrogens is 378 g/mol. The van der Waals surface area contributed by atoms with Gasteiger partial charge in [0, 0.05) is 11.6 Å². The smallest absolute Gasteiger partial charge is 0.416 e. The van der Waals surface area contributed by atoms with E-state index < -0.39 is 29.0 Å². The molecule has 0 aliphatic rings. The molecule has 5 nitrogen and oxygen atoms in total. The molecule has 0 aliphatic heterocycles. The average molecular weight is 387 g/mol. The highest BCUT2D eigenvalue weighted by Crippen LogP contribution is 2.38. The van der Waals surface area contributed by atoms with Gasteiger partial charge in [-0.15, -0.1) is 5.10 Å². The number of hydrogen-bond acceptors (Lipinski definition) is 4. The summed E-state index contributed by atoms with van der Waals surface area (Å²) in [7, 11) is 1.40. The molecule has 0 saturated carbocycles. The number of alkyl halides is 6. The van der Waals surface area contributed by atoms with Crippen molar-refractivity contribution in [2.24, 2.45) is 0 Å². The van der Waals surface area contributed by atoms with E-state index in [4.69, 9.17) is 4.74 Å². The van der Waals surface area contributed by atoms with Gasteiger partial charge in [0.15, 0.2) is 5.82 Å². The topological polar surface area (TPSA) is 52.8 Å². The molecule has 141 valence electrons. The van der Waals surface area contributed by atoms with Crippen molar-refractivity contribution < 1.29 is 31.1 Å². The molecule has 0 spiro atoms. The monoisotopic (exact) mass is 387 g/mol. The predicted octanol–water partition coefficient (Wildman–Crippen LogP) is 4.18. The van der Waals surface area contributed by atoms with E-state index in [0.717, 1.165) is 11.0 Å². The molecule has 0 fully saturated rings. The molecule has 3 rings (SSSR count). The molecule has 3 aromatic rings. The van der Waals surface area contributed by atoms with Crippen molar-refractivity contribution in [2.75, 3.05) is 7.11 Å². The summed E-state index contributed by atoms with van der Waals surface area (Å²) < 4.78 is 83.7. The van der Waals surface area contributed by atoms with Gasteiger partial charge in [-0.3, -0.25) is 0 Å². The molecule has 2 heterocycles. The molecule has 0 amide bonds. The van der Waals surface area contributed by atoms with Crippen LogP contribution in [0.4, 0.5) is 26.3 Å². The number of rotatable bonds is 3. The van der Waals surface area contributed by atoms with Crippen LogP contribution < -0.4 is 4.74 Å². The summed E-state index contributed by atoms with van der Waals surface area (Å²) in [4.78, 5) is 7.60. The highest BCUT2D eigenvalue weighted by molar-refractivity contribution is 5.58. The van der Waals surface area contributed by atoms with Crippen LogP contribution in [0.25, 0.3) is 17.1 Å². The maximum absolute atomic E-state index is 13.0. The number of hydrogen-bond donors (Lipinski definition) is 0. The highest BCUT2D eigenvalue weighted by Gasteiger charge is 2.37. The van der Waals surface area contributed by atoms with Crippen LogP contribution >= 0.6 is 0 Å². The van der Waals surface area contributed by atoms with Crippen molar-refractivity contribution in [3.63, 3.8) is 0 Å². The molecule has 1 radical (unpaired) electrons. The molecule has 0 atom stereocenters. The first-order valence-corrected chi connectivity index (χ1v) is 7.22. The summed E-state index contributed by atoms with van der Waals surface area (Å²) in [5, 5.41) is 3.91. The number of ether oxygens (including phenoxy) is 1. The Hall–Kier alpha value is -3.11. The van der Waals surface area contributed by atoms with Crippen LogP contribution in [0.2, 0.25) is 0 Å². The number of methoxy groups -OCH3 is 1. The Bertz CT molecular complexity index is 915. The van der Waals surface area contributed by atoms with E-state index in [1.54, 1.807) is 0 Å². The quantitative estimate of drug-likeness (QED) is 0.633. The molecule has 0 saturated heterocycles. The van der Waals surface area contributed by atoms with E-state index in [1.807, 2.05) is 0 Å². The summed E-state index contributed by atoms with van der Waals surface area (Å²) in [5.74, 6) is -0.0393. The lowest BCUT2D eigenvalue weighted by molar-refractivity contribution is -0.143. The average Bonchev–Trinajstić information content (AvgIpc) is 3.10. The van der Waals surface area contributed by atoms with Gasteiger partial charge in [-0.1, -0.05) is 0 Å². The second-order valence-electron chi connectivity index (χ2n) is 5.29. The van der Waals surface area contributed by atoms with Gasteiger partial charge in [-0.05, 0) is 24.3 Å². The van der Waals surface area contributed by atoms with Crippen molar-refractivity contribution in [2.45, 2.75) is 12.4 Å². The van der Waals surface area contributed by atoms with Crippen LogP contribution in [0.5, 0.6) is 5.88 Å². The third-order valence-corrected chi connectivity index (χ3v) is 3.46. The van der Waals surface area contributed by atoms with Crippen molar-refractivity contribution in [1.82, 2.24) is 19.7 Å². The van der Waals surface area contributed by atoms with Crippen LogP contribution in [0, 0.1) is 6.20 Å². The van der Waals surface area contributed by atoms with Crippen molar-refractivity contribution in [3.8, 4) is 23.0 Å². The second-order valence-corrected chi connectivity index (χ2v) is 5.29. The lowest BCUT2D eigenvalue weighted by atomic mass is 10.0. The van der Waals surface area contributed by atoms with Crippen LogP contribution in [0.3, 0.4) is 0 Å². The Balaban J connectivity index is 2.04. The summed E-state index contributed by atoms with van der Waals surface area (Å²) in [6.07, 6.45) is -6.21. The zero-order valence-corrected chi connectivity index (χ0v) is 13.4. The number of nitrogens with zero attached hydrogens (tertiary/aromatic N) is 4. The highest BCUT2D eigenvalue weighted by atomic mass is 19.4. The molecule has 0 bridgehead atoms. The minimum atomic E-state index is -4.95. The van der Waals surface area contributed by atoms with Gasteiger partial charge < -0.3 is 4.74 Å². The van der Waals surface area contributed by atoms with Gasteiger partial charge in [0.2, 0.25) is 5.88 Å². The first-order valence-electron chi connectivity index (χ1n) is 7.22. The second kappa shape index (κ2) is 6.56. The van der Waals surface area contributed by atoms with E-state index in [2.05, 4.69) is 21.3 Å². The summed E-state index contributed by atoms with van der Waals surface area (Å²) >= 11 is 0. The molecular formula is C16H9F6N4O. The zero-order valence-electron chi connectivity index (χ0n) is 13.4. The Morgan fingerprint density at radius 3 is 2.07 bits per heavy atom.